The third-order valence-corrected chi connectivity index (χ3v) is 6.01. The van der Waals surface area contributed by atoms with Gasteiger partial charge in [0.05, 0.1) is 19.1 Å². The first-order chi connectivity index (χ1) is 15.9. The normalized spacial score (nSPS) is 17.9. The second kappa shape index (κ2) is 9.33. The fraction of sp³-hybridized carbons (Fsp3) is 0.333. The van der Waals surface area contributed by atoms with Crippen molar-refractivity contribution in [3.05, 3.63) is 58.8 Å². The van der Waals surface area contributed by atoms with Crippen molar-refractivity contribution in [1.82, 2.24) is 10.2 Å². The average molecular weight is 473 g/mol. The molecule has 1 aromatic heterocycles. The molecule has 1 N–H and O–H groups in total. The summed E-state index contributed by atoms with van der Waals surface area (Å²) in [6.07, 6.45) is 0. The lowest BCUT2D eigenvalue weighted by molar-refractivity contribution is -0.133. The van der Waals surface area contributed by atoms with Gasteiger partial charge in [-0.1, -0.05) is 23.7 Å². The lowest BCUT2D eigenvalue weighted by atomic mass is 9.99. The van der Waals surface area contributed by atoms with Crippen molar-refractivity contribution in [2.45, 2.75) is 19.0 Å². The molecule has 0 saturated heterocycles. The number of para-hydroxylation sites is 1. The van der Waals surface area contributed by atoms with Crippen molar-refractivity contribution in [1.29, 1.82) is 0 Å². The van der Waals surface area contributed by atoms with Crippen molar-refractivity contribution in [3.63, 3.8) is 0 Å². The van der Waals surface area contributed by atoms with Gasteiger partial charge in [-0.15, -0.1) is 0 Å². The van der Waals surface area contributed by atoms with Crippen LogP contribution in [0.2, 0.25) is 5.02 Å². The minimum atomic E-state index is -1.32. The van der Waals surface area contributed by atoms with Gasteiger partial charge in [0.2, 0.25) is 11.7 Å². The Labute approximate surface area is 196 Å². The van der Waals surface area contributed by atoms with Gasteiger partial charge in [-0.2, -0.15) is 0 Å². The number of rotatable bonds is 7. The predicted molar refractivity (Wildman–Crippen MR) is 123 cm³/mol. The maximum atomic E-state index is 13.5. The van der Waals surface area contributed by atoms with Crippen LogP contribution in [0.5, 0.6) is 11.5 Å². The molecule has 174 valence electrons. The Morgan fingerprint density at radius 3 is 2.79 bits per heavy atom. The molecule has 0 radical (unpaired) electrons. The van der Waals surface area contributed by atoms with Crippen LogP contribution in [0.25, 0.3) is 11.0 Å². The van der Waals surface area contributed by atoms with Gasteiger partial charge in [0.15, 0.2) is 11.3 Å². The Kier molecular flexibility index (Phi) is 6.49. The summed E-state index contributed by atoms with van der Waals surface area (Å²) < 4.78 is 22.4. The van der Waals surface area contributed by atoms with Gasteiger partial charge in [-0.05, 0) is 37.3 Å². The Bertz CT molecular complexity index is 1190. The first kappa shape index (κ1) is 22.9. The van der Waals surface area contributed by atoms with Crippen LogP contribution in [-0.4, -0.2) is 56.2 Å². The Morgan fingerprint density at radius 2 is 2.03 bits per heavy atom. The number of ether oxygens (including phenoxy) is 3. The topological polar surface area (TPSA) is 90.2 Å². The summed E-state index contributed by atoms with van der Waals surface area (Å²) in [7, 11) is 3.08. The van der Waals surface area contributed by atoms with E-state index in [0.29, 0.717) is 33.1 Å². The SMILES string of the molecule is COCCN1C(=O)c2oc3ccccc3c2OCC1(C)C(=O)NCc1cc(Cl)ccc1OC. The third kappa shape index (κ3) is 4.24. The van der Waals surface area contributed by atoms with Crippen LogP contribution in [0.4, 0.5) is 0 Å². The molecule has 1 atom stereocenters. The molecule has 2 aromatic carbocycles. The molecule has 33 heavy (non-hydrogen) atoms. The average Bonchev–Trinajstić information content (AvgIpc) is 3.15. The van der Waals surface area contributed by atoms with Gasteiger partial charge in [0.25, 0.3) is 5.91 Å². The summed E-state index contributed by atoms with van der Waals surface area (Å²) in [5, 5.41) is 4.11. The highest BCUT2D eigenvalue weighted by atomic mass is 35.5. The van der Waals surface area contributed by atoms with Crippen LogP contribution < -0.4 is 14.8 Å². The van der Waals surface area contributed by atoms with Crippen LogP contribution in [0.3, 0.4) is 0 Å². The Hall–Kier alpha value is -3.23. The van der Waals surface area contributed by atoms with Crippen molar-refractivity contribution < 1.29 is 28.2 Å². The molecule has 0 spiro atoms. The largest absolute Gasteiger partial charge is 0.496 e. The summed E-state index contributed by atoms with van der Waals surface area (Å²) in [4.78, 5) is 28.4. The maximum absolute atomic E-state index is 13.5. The third-order valence-electron chi connectivity index (χ3n) is 5.77. The first-order valence-electron chi connectivity index (χ1n) is 10.4. The fourth-order valence-corrected chi connectivity index (χ4v) is 4.11. The van der Waals surface area contributed by atoms with Crippen molar-refractivity contribution >= 4 is 34.4 Å². The minimum absolute atomic E-state index is 0.0580. The number of nitrogens with zero attached hydrogens (tertiary/aromatic N) is 1. The van der Waals surface area contributed by atoms with E-state index in [4.69, 9.17) is 30.2 Å². The number of benzene rings is 2. The highest BCUT2D eigenvalue weighted by Crippen LogP contribution is 2.38. The summed E-state index contributed by atoms with van der Waals surface area (Å²) in [5.74, 6) is 0.184. The highest BCUT2D eigenvalue weighted by molar-refractivity contribution is 6.30. The molecule has 2 heterocycles. The number of carbonyl (C=O) groups is 2. The molecule has 1 aliphatic heterocycles. The van der Waals surface area contributed by atoms with Crippen molar-refractivity contribution in [2.75, 3.05) is 34.0 Å². The number of halogens is 1. The van der Waals surface area contributed by atoms with Gasteiger partial charge >= 0.3 is 0 Å². The molecule has 0 fully saturated rings. The summed E-state index contributed by atoms with van der Waals surface area (Å²) in [5.41, 5.74) is -0.0582. The van der Waals surface area contributed by atoms with Crippen LogP contribution >= 0.6 is 11.6 Å². The molecule has 3 aromatic rings. The van der Waals surface area contributed by atoms with E-state index in [0.717, 1.165) is 0 Å². The van der Waals surface area contributed by atoms with Crippen LogP contribution in [0, 0.1) is 0 Å². The number of amides is 2. The second-order valence-electron chi connectivity index (χ2n) is 7.91. The number of carbonyl (C=O) groups excluding carboxylic acids is 2. The van der Waals surface area contributed by atoms with Gasteiger partial charge in [-0.3, -0.25) is 9.59 Å². The summed E-state index contributed by atoms with van der Waals surface area (Å²) >= 11 is 6.11. The zero-order chi connectivity index (χ0) is 23.6. The van der Waals surface area contributed by atoms with E-state index in [1.165, 1.54) is 12.0 Å². The van der Waals surface area contributed by atoms with E-state index in [2.05, 4.69) is 5.32 Å². The molecule has 1 aliphatic rings. The maximum Gasteiger partial charge on any atom is 0.294 e. The van der Waals surface area contributed by atoms with Gasteiger partial charge in [-0.25, -0.2) is 0 Å². The summed E-state index contributed by atoms with van der Waals surface area (Å²) in [6.45, 7) is 2.19. The van der Waals surface area contributed by atoms with E-state index in [9.17, 15) is 9.59 Å². The number of nitrogens with one attached hydrogen (secondary N) is 1. The molecule has 0 aliphatic carbocycles. The lowest BCUT2D eigenvalue weighted by Crippen LogP contribution is -2.61. The standard InChI is InChI=1S/C24H25ClN2O6/c1-24(23(29)26-13-15-12-16(25)8-9-18(15)31-3)14-32-20-17-6-4-5-7-19(17)33-21(20)22(28)27(24)10-11-30-2/h4-9,12H,10-11,13-14H2,1-3H3,(H,26,29). The summed E-state index contributed by atoms with van der Waals surface area (Å²) in [6, 6.07) is 12.4. The van der Waals surface area contributed by atoms with Crippen LogP contribution in [0.1, 0.15) is 23.0 Å². The molecular formula is C24H25ClN2O6. The molecular weight excluding hydrogens is 448 g/mol. The quantitative estimate of drug-likeness (QED) is 0.564. The molecule has 0 saturated carbocycles. The fourth-order valence-electron chi connectivity index (χ4n) is 3.91. The van der Waals surface area contributed by atoms with Crippen LogP contribution in [-0.2, 0) is 16.1 Å². The van der Waals surface area contributed by atoms with Gasteiger partial charge in [0, 0.05) is 30.8 Å². The number of methoxy groups -OCH3 is 2. The monoisotopic (exact) mass is 472 g/mol. The first-order valence-corrected chi connectivity index (χ1v) is 10.8. The lowest BCUT2D eigenvalue weighted by Gasteiger charge is -2.37. The van der Waals surface area contributed by atoms with E-state index < -0.39 is 11.4 Å². The Morgan fingerprint density at radius 1 is 1.24 bits per heavy atom. The van der Waals surface area contributed by atoms with Crippen molar-refractivity contribution in [2.24, 2.45) is 0 Å². The van der Waals surface area contributed by atoms with Crippen LogP contribution in [0.15, 0.2) is 46.9 Å². The molecule has 0 bridgehead atoms. The van der Waals surface area contributed by atoms with E-state index in [-0.39, 0.29) is 38.0 Å². The number of hydrogen-bond donors (Lipinski definition) is 1. The number of fused-ring (bicyclic) bond motifs is 3. The van der Waals surface area contributed by atoms with Gasteiger partial charge in [0.1, 0.15) is 17.9 Å². The number of furan rings is 1. The van der Waals surface area contributed by atoms with E-state index >= 15 is 0 Å². The Balaban J connectivity index is 1.64. The van der Waals surface area contributed by atoms with E-state index in [1.54, 1.807) is 38.3 Å². The highest BCUT2D eigenvalue weighted by Gasteiger charge is 2.47. The number of hydrogen-bond acceptors (Lipinski definition) is 6. The zero-order valence-corrected chi connectivity index (χ0v) is 19.4. The molecule has 8 nitrogen and oxygen atoms in total. The molecule has 4 rings (SSSR count). The molecule has 1 unspecified atom stereocenters. The molecule has 9 heteroatoms. The zero-order valence-electron chi connectivity index (χ0n) is 18.6. The van der Waals surface area contributed by atoms with Crippen molar-refractivity contribution in [3.8, 4) is 11.5 Å². The molecule has 2 amide bonds. The predicted octanol–water partition coefficient (Wildman–Crippen LogP) is 3.65. The minimum Gasteiger partial charge on any atom is -0.496 e. The smallest absolute Gasteiger partial charge is 0.294 e. The van der Waals surface area contributed by atoms with E-state index in [1.807, 2.05) is 18.2 Å². The second-order valence-corrected chi connectivity index (χ2v) is 8.34. The van der Waals surface area contributed by atoms with Gasteiger partial charge < -0.3 is 28.8 Å².